The van der Waals surface area contributed by atoms with Crippen molar-refractivity contribution in [3.8, 4) is 0 Å². The number of anilines is 2. The lowest BCUT2D eigenvalue weighted by molar-refractivity contribution is -0.143. The van der Waals surface area contributed by atoms with Crippen molar-refractivity contribution in [2.75, 3.05) is 16.3 Å². The minimum absolute atomic E-state index is 0.0173. The molecule has 0 amide bonds. The molecule has 2 heterocycles. The predicted octanol–water partition coefficient (Wildman–Crippen LogP) is 7.75. The van der Waals surface area contributed by atoms with Crippen LogP contribution in [0.4, 0.5) is 51.1 Å². The molecule has 3 aromatic carbocycles. The Morgan fingerprint density at radius 3 is 2.02 bits per heavy atom. The molecule has 1 N–H and O–H groups in total. The third-order valence-corrected chi connectivity index (χ3v) is 8.17. The molecular formula is C32H29F9N6O2. The molecule has 262 valence electrons. The number of aromatic nitrogens is 4. The van der Waals surface area contributed by atoms with Gasteiger partial charge in [0, 0.05) is 25.3 Å². The monoisotopic (exact) mass is 700 g/mol. The number of carbonyl (C=O) groups is 1. The molecule has 0 saturated heterocycles. The van der Waals surface area contributed by atoms with Gasteiger partial charge in [0.15, 0.2) is 0 Å². The van der Waals surface area contributed by atoms with Gasteiger partial charge in [-0.15, -0.1) is 5.10 Å². The zero-order valence-electron chi connectivity index (χ0n) is 26.0. The van der Waals surface area contributed by atoms with Crippen LogP contribution in [0.25, 0.3) is 0 Å². The number of tetrazole rings is 1. The van der Waals surface area contributed by atoms with E-state index in [4.69, 9.17) is 5.11 Å². The van der Waals surface area contributed by atoms with Gasteiger partial charge < -0.3 is 14.9 Å². The van der Waals surface area contributed by atoms with Crippen molar-refractivity contribution in [3.05, 3.63) is 99.1 Å². The molecule has 1 aliphatic rings. The number of fused-ring (bicyclic) bond motifs is 1. The Morgan fingerprint density at radius 1 is 0.878 bits per heavy atom. The van der Waals surface area contributed by atoms with Crippen molar-refractivity contribution >= 4 is 17.6 Å². The summed E-state index contributed by atoms with van der Waals surface area (Å²) >= 11 is 0. The van der Waals surface area contributed by atoms with Crippen LogP contribution >= 0.6 is 0 Å². The summed E-state index contributed by atoms with van der Waals surface area (Å²) in [6.45, 7) is 1.07. The highest BCUT2D eigenvalue weighted by molar-refractivity contribution is 5.70. The van der Waals surface area contributed by atoms with Gasteiger partial charge in [-0.05, 0) is 77.1 Å². The maximum atomic E-state index is 14.2. The average Bonchev–Trinajstić information content (AvgIpc) is 3.35. The van der Waals surface area contributed by atoms with Crippen LogP contribution in [0.2, 0.25) is 0 Å². The van der Waals surface area contributed by atoms with Crippen LogP contribution in [0.1, 0.15) is 63.4 Å². The number of aryl methyl sites for hydroxylation is 2. The number of carboxylic acids is 1. The van der Waals surface area contributed by atoms with Crippen molar-refractivity contribution in [1.29, 1.82) is 0 Å². The number of nitrogens with zero attached hydrogens (tertiary/aromatic N) is 6. The standard InChI is InChI=1S/C32H29F9N6O2/c1-18-10-24-26(47(29-42-44-45(2)43-29)17-21-11-22(30(33,34)35)14-23(12-21)31(36,37)38)4-3-9-46(27(24)15-25(18)32(39,40)41)16-20-7-5-19(6-8-20)13-28(48)49/h5-8,10-12,14-15,26H,3-4,9,13,16-17H2,1-2H3,(H,48,49). The molecule has 0 bridgehead atoms. The molecule has 49 heavy (non-hydrogen) atoms. The summed E-state index contributed by atoms with van der Waals surface area (Å²) in [6.07, 6.45) is -14.6. The van der Waals surface area contributed by atoms with Crippen LogP contribution in [0, 0.1) is 6.92 Å². The Balaban J connectivity index is 1.63. The summed E-state index contributed by atoms with van der Waals surface area (Å²) in [4.78, 5) is 15.2. The molecule has 0 radical (unpaired) electrons. The van der Waals surface area contributed by atoms with Gasteiger partial charge in [-0.25, -0.2) is 0 Å². The second kappa shape index (κ2) is 13.2. The molecule has 1 unspecified atom stereocenters. The first-order valence-corrected chi connectivity index (χ1v) is 14.8. The fourth-order valence-corrected chi connectivity index (χ4v) is 5.98. The topological polar surface area (TPSA) is 87.4 Å². The van der Waals surface area contributed by atoms with Crippen LogP contribution < -0.4 is 9.80 Å². The van der Waals surface area contributed by atoms with Crippen molar-refractivity contribution in [2.24, 2.45) is 7.05 Å². The number of alkyl halides is 9. The molecule has 1 atom stereocenters. The molecule has 0 fully saturated rings. The lowest BCUT2D eigenvalue weighted by Crippen LogP contribution is -2.30. The second-order valence-electron chi connectivity index (χ2n) is 11.8. The number of halogens is 9. The lowest BCUT2D eigenvalue weighted by Gasteiger charge is -2.33. The molecule has 0 spiro atoms. The smallest absolute Gasteiger partial charge is 0.416 e. The second-order valence-corrected chi connectivity index (χ2v) is 11.8. The number of benzene rings is 3. The van der Waals surface area contributed by atoms with Gasteiger partial charge >= 0.3 is 24.5 Å². The first kappa shape index (κ1) is 35.5. The Labute approximate surface area is 273 Å². The van der Waals surface area contributed by atoms with Crippen molar-refractivity contribution < 1.29 is 49.4 Å². The number of aliphatic carboxylic acids is 1. The Hall–Kier alpha value is -4.83. The minimum Gasteiger partial charge on any atom is -0.481 e. The maximum absolute atomic E-state index is 14.2. The number of carboxylic acid groups (broad SMARTS) is 1. The fraction of sp³-hybridized carbons (Fsp3) is 0.375. The summed E-state index contributed by atoms with van der Waals surface area (Å²) in [6, 6.07) is 9.17. The molecule has 0 saturated carbocycles. The highest BCUT2D eigenvalue weighted by atomic mass is 19.4. The Morgan fingerprint density at radius 2 is 1.49 bits per heavy atom. The molecular weight excluding hydrogens is 671 g/mol. The van der Waals surface area contributed by atoms with E-state index >= 15 is 0 Å². The molecule has 5 rings (SSSR count). The van der Waals surface area contributed by atoms with E-state index in [-0.39, 0.29) is 54.8 Å². The van der Waals surface area contributed by atoms with Gasteiger partial charge in [-0.1, -0.05) is 35.4 Å². The summed E-state index contributed by atoms with van der Waals surface area (Å²) in [7, 11) is 1.41. The average molecular weight is 701 g/mol. The third kappa shape index (κ3) is 8.25. The Bertz CT molecular complexity index is 1790. The maximum Gasteiger partial charge on any atom is 0.416 e. The normalized spacial score (nSPS) is 15.6. The van der Waals surface area contributed by atoms with E-state index in [1.165, 1.54) is 24.9 Å². The van der Waals surface area contributed by atoms with E-state index < -0.39 is 53.8 Å². The van der Waals surface area contributed by atoms with Gasteiger partial charge in [0.2, 0.25) is 0 Å². The van der Waals surface area contributed by atoms with Crippen molar-refractivity contribution in [1.82, 2.24) is 20.2 Å². The van der Waals surface area contributed by atoms with Crippen LogP contribution in [0.15, 0.2) is 54.6 Å². The fourth-order valence-electron chi connectivity index (χ4n) is 5.98. The summed E-state index contributed by atoms with van der Waals surface area (Å²) in [5.74, 6) is -1.18. The van der Waals surface area contributed by atoms with Gasteiger partial charge in [0.05, 0.1) is 36.2 Å². The number of hydrogen-bond donors (Lipinski definition) is 1. The zero-order chi connectivity index (χ0) is 35.9. The highest BCUT2D eigenvalue weighted by Crippen LogP contribution is 2.44. The molecule has 0 aliphatic carbocycles. The van der Waals surface area contributed by atoms with E-state index in [1.807, 2.05) is 0 Å². The molecule has 8 nitrogen and oxygen atoms in total. The molecule has 1 aromatic heterocycles. The van der Waals surface area contributed by atoms with Gasteiger partial charge in [0.1, 0.15) is 0 Å². The van der Waals surface area contributed by atoms with Gasteiger partial charge in [-0.3, -0.25) is 4.79 Å². The zero-order valence-corrected chi connectivity index (χ0v) is 26.0. The van der Waals surface area contributed by atoms with Crippen LogP contribution in [-0.2, 0) is 49.9 Å². The molecule has 1 aliphatic heterocycles. The SMILES string of the molecule is Cc1cc2c(cc1C(F)(F)F)N(Cc1ccc(CC(=O)O)cc1)CCCC2N(Cc1cc(C(F)(F)F)cc(C(F)(F)F)c1)c1nnn(C)n1. The predicted molar refractivity (Wildman–Crippen MR) is 158 cm³/mol. The summed E-state index contributed by atoms with van der Waals surface area (Å²) in [5.41, 5.74) is -2.77. The van der Waals surface area contributed by atoms with E-state index in [2.05, 4.69) is 15.4 Å². The summed E-state index contributed by atoms with van der Waals surface area (Å²) < 4.78 is 125. The largest absolute Gasteiger partial charge is 0.481 e. The van der Waals surface area contributed by atoms with E-state index in [1.54, 1.807) is 29.2 Å². The lowest BCUT2D eigenvalue weighted by atomic mass is 9.94. The highest BCUT2D eigenvalue weighted by Gasteiger charge is 2.39. The molecule has 4 aromatic rings. The third-order valence-electron chi connectivity index (χ3n) is 8.17. The van der Waals surface area contributed by atoms with Gasteiger partial charge in [0.25, 0.3) is 5.95 Å². The first-order valence-electron chi connectivity index (χ1n) is 14.8. The van der Waals surface area contributed by atoms with E-state index in [0.29, 0.717) is 35.2 Å². The van der Waals surface area contributed by atoms with Crippen molar-refractivity contribution in [3.63, 3.8) is 0 Å². The van der Waals surface area contributed by atoms with Crippen LogP contribution in [0.5, 0.6) is 0 Å². The van der Waals surface area contributed by atoms with Crippen LogP contribution in [-0.4, -0.2) is 37.8 Å². The minimum atomic E-state index is -5.10. The first-order chi connectivity index (χ1) is 22.8. The van der Waals surface area contributed by atoms with Crippen molar-refractivity contribution in [2.45, 2.75) is 63.8 Å². The number of rotatable bonds is 8. The van der Waals surface area contributed by atoms with E-state index in [0.717, 1.165) is 10.9 Å². The quantitative estimate of drug-likeness (QED) is 0.188. The number of hydrogen-bond acceptors (Lipinski definition) is 6. The van der Waals surface area contributed by atoms with E-state index in [9.17, 15) is 44.3 Å². The molecule has 17 heteroatoms. The Kier molecular flexibility index (Phi) is 9.58. The summed E-state index contributed by atoms with van der Waals surface area (Å²) in [5, 5.41) is 21.0. The van der Waals surface area contributed by atoms with Gasteiger partial charge in [-0.2, -0.15) is 44.3 Å². The van der Waals surface area contributed by atoms with Crippen LogP contribution in [0.3, 0.4) is 0 Å².